The summed E-state index contributed by atoms with van der Waals surface area (Å²) in [6, 6.07) is 0. The first-order valence-corrected chi connectivity index (χ1v) is 4.74. The van der Waals surface area contributed by atoms with Gasteiger partial charge in [0.15, 0.2) is 0 Å². The minimum atomic E-state index is -1.33. The zero-order valence-corrected chi connectivity index (χ0v) is 6.27. The third-order valence-electron chi connectivity index (χ3n) is 0. The zero-order valence-electron chi connectivity index (χ0n) is 5.38. The van der Waals surface area contributed by atoms with Crippen molar-refractivity contribution >= 4 is 14.0 Å². The average Bonchev–Trinajstić information content (AvgIpc) is 1.25. The Labute approximate surface area is 50.6 Å². The highest BCUT2D eigenvalue weighted by molar-refractivity contribution is 7.55. The van der Waals surface area contributed by atoms with E-state index >= 15 is 0 Å². The summed E-state index contributed by atoms with van der Waals surface area (Å²) in [5, 5.41) is 7.19. The van der Waals surface area contributed by atoms with Crippen LogP contribution in [-0.2, 0) is 0 Å². The van der Waals surface area contributed by atoms with Crippen molar-refractivity contribution in [2.75, 3.05) is 20.0 Å². The van der Waals surface area contributed by atoms with E-state index in [-0.39, 0.29) is 0 Å². The van der Waals surface area contributed by atoms with Crippen LogP contribution in [-0.4, -0.2) is 31.2 Å². The van der Waals surface area contributed by atoms with Crippen LogP contribution in [0.15, 0.2) is 0 Å². The van der Waals surface area contributed by atoms with Crippen LogP contribution in [0, 0.1) is 0 Å². The van der Waals surface area contributed by atoms with E-state index < -0.39 is 6.09 Å². The van der Waals surface area contributed by atoms with Crippen LogP contribution < -0.4 is 5.73 Å². The molecule has 8 heavy (non-hydrogen) atoms. The summed E-state index contributed by atoms with van der Waals surface area (Å²) in [6.07, 6.45) is -1.33. The van der Waals surface area contributed by atoms with Crippen molar-refractivity contribution in [3.05, 3.63) is 0 Å². The molecule has 0 saturated carbocycles. The molecule has 0 fully saturated rings. The second kappa shape index (κ2) is 6.70. The predicted molar refractivity (Wildman–Crippen MR) is 36.9 cm³/mol. The maximum atomic E-state index is 8.78. The highest BCUT2D eigenvalue weighted by atomic mass is 31.1. The molecule has 0 aromatic heterocycles. The molecule has 0 spiro atoms. The molecule has 0 aliphatic carbocycles. The third kappa shape index (κ3) is 1400. The third-order valence-corrected chi connectivity index (χ3v) is 0. The Morgan fingerprint density at radius 3 is 1.50 bits per heavy atom. The average molecular weight is 137 g/mol. The molecule has 0 rings (SSSR count). The van der Waals surface area contributed by atoms with Gasteiger partial charge in [0.2, 0.25) is 0 Å². The Kier molecular flexibility index (Phi) is 8.91. The van der Waals surface area contributed by atoms with Gasteiger partial charge in [0.1, 0.15) is 0 Å². The van der Waals surface area contributed by atoms with Crippen LogP contribution in [0.1, 0.15) is 0 Å². The van der Waals surface area contributed by atoms with Gasteiger partial charge in [-0.15, -0.1) is 7.92 Å². The fourth-order valence-electron chi connectivity index (χ4n) is 0. The van der Waals surface area contributed by atoms with Crippen molar-refractivity contribution in [3.8, 4) is 0 Å². The maximum absolute atomic E-state index is 8.78. The minimum Gasteiger partial charge on any atom is -0.465 e. The standard InChI is InChI=1S/C3H9P.CH3NO2/c1-4(2)3;2-1(3)4/h1-3H3;2H2,(H,3,4). The first-order chi connectivity index (χ1) is 3.46. The first-order valence-electron chi connectivity index (χ1n) is 2.06. The zero-order chi connectivity index (χ0) is 7.15. The number of rotatable bonds is 0. The van der Waals surface area contributed by atoms with E-state index in [0.717, 1.165) is 0 Å². The van der Waals surface area contributed by atoms with Crippen LogP contribution in [0.2, 0.25) is 0 Å². The Bertz CT molecular complexity index is 58.3. The molecule has 0 heterocycles. The summed E-state index contributed by atoms with van der Waals surface area (Å²) in [5.74, 6) is 0. The van der Waals surface area contributed by atoms with Gasteiger partial charge in [-0.05, 0) is 20.0 Å². The van der Waals surface area contributed by atoms with Crippen molar-refractivity contribution in [3.63, 3.8) is 0 Å². The van der Waals surface area contributed by atoms with Crippen molar-refractivity contribution in [1.82, 2.24) is 0 Å². The molecule has 0 aliphatic heterocycles. The Balaban J connectivity index is 0. The summed E-state index contributed by atoms with van der Waals surface area (Å²) in [6.45, 7) is 6.69. The van der Waals surface area contributed by atoms with Gasteiger partial charge in [0.05, 0.1) is 0 Å². The summed E-state index contributed by atoms with van der Waals surface area (Å²) in [5.41, 5.74) is 4.03. The van der Waals surface area contributed by atoms with Crippen LogP contribution in [0.4, 0.5) is 4.79 Å². The fourth-order valence-corrected chi connectivity index (χ4v) is 0. The molecule has 0 unspecified atom stereocenters. The molecule has 0 bridgehead atoms. The SMILES string of the molecule is CP(C)C.NC(=O)O. The van der Waals surface area contributed by atoms with Gasteiger partial charge in [0, 0.05) is 0 Å². The van der Waals surface area contributed by atoms with Crippen LogP contribution in [0.3, 0.4) is 0 Å². The van der Waals surface area contributed by atoms with E-state index in [0.29, 0.717) is 7.92 Å². The number of hydrogen-bond acceptors (Lipinski definition) is 1. The van der Waals surface area contributed by atoms with Gasteiger partial charge >= 0.3 is 6.09 Å². The molecular formula is C4H12NO2P. The second-order valence-corrected chi connectivity index (χ2v) is 4.36. The molecule has 0 aliphatic rings. The monoisotopic (exact) mass is 137 g/mol. The molecule has 0 aromatic rings. The van der Waals surface area contributed by atoms with Gasteiger partial charge in [-0.3, -0.25) is 0 Å². The first kappa shape index (κ1) is 10.6. The van der Waals surface area contributed by atoms with Gasteiger partial charge in [-0.1, -0.05) is 0 Å². The van der Waals surface area contributed by atoms with Crippen LogP contribution in [0.25, 0.3) is 0 Å². The summed E-state index contributed by atoms with van der Waals surface area (Å²) in [4.78, 5) is 8.78. The van der Waals surface area contributed by atoms with E-state index in [1.165, 1.54) is 0 Å². The van der Waals surface area contributed by atoms with E-state index in [2.05, 4.69) is 25.7 Å². The topological polar surface area (TPSA) is 63.3 Å². The number of amides is 1. The lowest BCUT2D eigenvalue weighted by Gasteiger charge is -1.81. The van der Waals surface area contributed by atoms with Crippen LogP contribution in [0.5, 0.6) is 0 Å². The molecule has 3 nitrogen and oxygen atoms in total. The van der Waals surface area contributed by atoms with Crippen molar-refractivity contribution in [2.24, 2.45) is 5.73 Å². The van der Waals surface area contributed by atoms with Crippen LogP contribution >= 0.6 is 7.92 Å². The lowest BCUT2D eigenvalue weighted by Crippen LogP contribution is -2.03. The molecule has 50 valence electrons. The lowest BCUT2D eigenvalue weighted by atomic mass is 11.3. The smallest absolute Gasteiger partial charge is 0.402 e. The lowest BCUT2D eigenvalue weighted by molar-refractivity contribution is 0.205. The van der Waals surface area contributed by atoms with E-state index in [9.17, 15) is 0 Å². The molecule has 3 N–H and O–H groups in total. The maximum Gasteiger partial charge on any atom is 0.402 e. The Morgan fingerprint density at radius 1 is 1.50 bits per heavy atom. The molecule has 0 aromatic carbocycles. The molecule has 0 radical (unpaired) electrons. The quantitative estimate of drug-likeness (QED) is 0.489. The van der Waals surface area contributed by atoms with Crippen molar-refractivity contribution in [1.29, 1.82) is 0 Å². The number of hydrogen-bond donors (Lipinski definition) is 2. The van der Waals surface area contributed by atoms with Crippen molar-refractivity contribution < 1.29 is 9.90 Å². The molecule has 1 amide bonds. The molecule has 0 saturated heterocycles. The number of nitrogens with two attached hydrogens (primary N) is 1. The van der Waals surface area contributed by atoms with Crippen molar-refractivity contribution in [2.45, 2.75) is 0 Å². The number of carboxylic acid groups (broad SMARTS) is 1. The van der Waals surface area contributed by atoms with Gasteiger partial charge < -0.3 is 10.8 Å². The Morgan fingerprint density at radius 2 is 1.50 bits per heavy atom. The van der Waals surface area contributed by atoms with Gasteiger partial charge in [-0.2, -0.15) is 0 Å². The predicted octanol–water partition coefficient (Wildman–Crippen LogP) is 0.981. The van der Waals surface area contributed by atoms with E-state index in [1.54, 1.807) is 0 Å². The molecule has 0 atom stereocenters. The fraction of sp³-hybridized carbons (Fsp3) is 0.750. The molecule has 4 heteroatoms. The largest absolute Gasteiger partial charge is 0.465 e. The minimum absolute atomic E-state index is 0.380. The summed E-state index contributed by atoms with van der Waals surface area (Å²) < 4.78 is 0. The highest BCUT2D eigenvalue weighted by Gasteiger charge is 1.65. The number of carbonyl (C=O) groups is 1. The summed E-state index contributed by atoms with van der Waals surface area (Å²) in [7, 11) is 0.380. The molecular weight excluding hydrogens is 125 g/mol. The number of primary amides is 1. The van der Waals surface area contributed by atoms with Gasteiger partial charge in [-0.25, -0.2) is 4.79 Å². The second-order valence-electron chi connectivity index (χ2n) is 1.68. The van der Waals surface area contributed by atoms with E-state index in [4.69, 9.17) is 9.90 Å². The van der Waals surface area contributed by atoms with Gasteiger partial charge in [0.25, 0.3) is 0 Å². The highest BCUT2D eigenvalue weighted by Crippen LogP contribution is 2.14. The summed E-state index contributed by atoms with van der Waals surface area (Å²) >= 11 is 0. The Hall–Kier alpha value is -0.300. The van der Waals surface area contributed by atoms with E-state index in [1.807, 2.05) is 0 Å². The normalized spacial score (nSPS) is 7.50.